The molecular formula is C17H27N3O3. The second kappa shape index (κ2) is 6.49. The molecule has 0 saturated heterocycles. The van der Waals surface area contributed by atoms with Crippen LogP contribution in [-0.2, 0) is 14.4 Å². The van der Waals surface area contributed by atoms with Crippen molar-refractivity contribution in [2.45, 2.75) is 44.9 Å². The van der Waals surface area contributed by atoms with Crippen LogP contribution in [0, 0.1) is 23.2 Å². The number of hydrogen-bond acceptors (Lipinski definition) is 3. The van der Waals surface area contributed by atoms with Crippen molar-refractivity contribution in [2.75, 3.05) is 20.1 Å². The van der Waals surface area contributed by atoms with Gasteiger partial charge in [0.1, 0.15) is 0 Å². The highest BCUT2D eigenvalue weighted by atomic mass is 16.2. The molecule has 128 valence electrons. The second-order valence-corrected chi connectivity index (χ2v) is 7.82. The van der Waals surface area contributed by atoms with Crippen molar-refractivity contribution in [3.05, 3.63) is 0 Å². The van der Waals surface area contributed by atoms with Gasteiger partial charge in [0.15, 0.2) is 0 Å². The quantitative estimate of drug-likeness (QED) is 0.668. The van der Waals surface area contributed by atoms with E-state index in [1.54, 1.807) is 0 Å². The Morgan fingerprint density at radius 1 is 0.826 bits per heavy atom. The van der Waals surface area contributed by atoms with Crippen LogP contribution in [0.3, 0.4) is 0 Å². The topological polar surface area (TPSA) is 87.3 Å². The molecule has 0 spiro atoms. The fourth-order valence-electron chi connectivity index (χ4n) is 5.42. The largest absolute Gasteiger partial charge is 0.358 e. The van der Waals surface area contributed by atoms with Gasteiger partial charge in [-0.15, -0.1) is 0 Å². The lowest BCUT2D eigenvalue weighted by Gasteiger charge is -2.56. The molecule has 0 aromatic rings. The molecule has 4 saturated carbocycles. The van der Waals surface area contributed by atoms with Gasteiger partial charge in [0.25, 0.3) is 0 Å². The Bertz CT molecular complexity index is 468. The lowest BCUT2D eigenvalue weighted by atomic mass is 9.49. The second-order valence-electron chi connectivity index (χ2n) is 7.82. The highest BCUT2D eigenvalue weighted by Crippen LogP contribution is 2.61. The van der Waals surface area contributed by atoms with E-state index in [0.717, 1.165) is 17.8 Å². The van der Waals surface area contributed by atoms with Gasteiger partial charge in [0.05, 0.1) is 13.1 Å². The molecular weight excluding hydrogens is 294 g/mol. The van der Waals surface area contributed by atoms with E-state index in [0.29, 0.717) is 6.42 Å². The smallest absolute Gasteiger partial charge is 0.239 e. The highest BCUT2D eigenvalue weighted by Gasteiger charge is 2.51. The predicted molar refractivity (Wildman–Crippen MR) is 85.3 cm³/mol. The van der Waals surface area contributed by atoms with Crippen LogP contribution in [0.4, 0.5) is 0 Å². The van der Waals surface area contributed by atoms with Crippen molar-refractivity contribution in [3.8, 4) is 0 Å². The standard InChI is InChI=1S/C17H27N3O3/c1-18-15(22)9-20-16(23)10-19-14(21)8-17-5-11-2-12(6-17)4-13(3-11)7-17/h11-13H,2-10H2,1H3,(H,18,22)(H,19,21)(H,20,23). The summed E-state index contributed by atoms with van der Waals surface area (Å²) in [5, 5.41) is 7.63. The molecule has 0 aromatic heterocycles. The maximum Gasteiger partial charge on any atom is 0.239 e. The Morgan fingerprint density at radius 3 is 1.83 bits per heavy atom. The Kier molecular flexibility index (Phi) is 4.60. The molecule has 4 bridgehead atoms. The maximum absolute atomic E-state index is 12.3. The number of carbonyl (C=O) groups excluding carboxylic acids is 3. The van der Waals surface area contributed by atoms with Crippen LogP contribution in [0.2, 0.25) is 0 Å². The molecule has 23 heavy (non-hydrogen) atoms. The average molecular weight is 321 g/mol. The molecule has 0 heterocycles. The third kappa shape index (κ3) is 3.85. The lowest BCUT2D eigenvalue weighted by molar-refractivity contribution is -0.132. The highest BCUT2D eigenvalue weighted by molar-refractivity contribution is 5.88. The van der Waals surface area contributed by atoms with Crippen LogP contribution in [0.25, 0.3) is 0 Å². The van der Waals surface area contributed by atoms with Gasteiger partial charge in [-0.3, -0.25) is 14.4 Å². The van der Waals surface area contributed by atoms with Gasteiger partial charge in [-0.05, 0) is 61.7 Å². The minimum absolute atomic E-state index is 0.0259. The minimum atomic E-state index is -0.326. The van der Waals surface area contributed by atoms with Gasteiger partial charge in [-0.2, -0.15) is 0 Å². The van der Waals surface area contributed by atoms with Crippen molar-refractivity contribution >= 4 is 17.7 Å². The van der Waals surface area contributed by atoms with E-state index in [2.05, 4.69) is 16.0 Å². The number of likely N-dealkylation sites (N-methyl/N-ethyl adjacent to an activating group) is 1. The summed E-state index contributed by atoms with van der Waals surface area (Å²) in [5.74, 6) is 1.87. The predicted octanol–water partition coefficient (Wildman–Crippen LogP) is 0.571. The van der Waals surface area contributed by atoms with Crippen molar-refractivity contribution in [3.63, 3.8) is 0 Å². The average Bonchev–Trinajstić information content (AvgIpc) is 2.48. The first-order valence-electron chi connectivity index (χ1n) is 8.72. The van der Waals surface area contributed by atoms with E-state index < -0.39 is 0 Å². The molecule has 4 fully saturated rings. The van der Waals surface area contributed by atoms with Gasteiger partial charge in [0, 0.05) is 13.5 Å². The summed E-state index contributed by atoms with van der Waals surface area (Å²) in [6.45, 7) is -0.109. The molecule has 4 aliphatic rings. The molecule has 0 aromatic carbocycles. The molecule has 3 N–H and O–H groups in total. The number of rotatable bonds is 6. The number of nitrogens with one attached hydrogen (secondary N) is 3. The van der Waals surface area contributed by atoms with Gasteiger partial charge in [-0.1, -0.05) is 0 Å². The molecule has 0 unspecified atom stereocenters. The summed E-state index contributed by atoms with van der Waals surface area (Å²) < 4.78 is 0. The fourth-order valence-corrected chi connectivity index (χ4v) is 5.42. The van der Waals surface area contributed by atoms with Gasteiger partial charge < -0.3 is 16.0 Å². The summed E-state index contributed by atoms with van der Waals surface area (Å²) in [7, 11) is 1.52. The normalized spacial score (nSPS) is 34.0. The molecule has 0 radical (unpaired) electrons. The molecule has 4 rings (SSSR count). The molecule has 3 amide bonds. The number of amides is 3. The Hall–Kier alpha value is -1.59. The zero-order chi connectivity index (χ0) is 16.4. The van der Waals surface area contributed by atoms with E-state index in [-0.39, 0.29) is 36.2 Å². The van der Waals surface area contributed by atoms with Gasteiger partial charge in [-0.25, -0.2) is 0 Å². The Labute approximate surface area is 137 Å². The van der Waals surface area contributed by atoms with Crippen LogP contribution in [0.1, 0.15) is 44.9 Å². The van der Waals surface area contributed by atoms with Crippen LogP contribution in [-0.4, -0.2) is 37.9 Å². The minimum Gasteiger partial charge on any atom is -0.358 e. The fraction of sp³-hybridized carbons (Fsp3) is 0.824. The van der Waals surface area contributed by atoms with E-state index in [4.69, 9.17) is 0 Å². The first kappa shape index (κ1) is 16.3. The summed E-state index contributed by atoms with van der Waals surface area (Å²) in [4.78, 5) is 34.9. The zero-order valence-corrected chi connectivity index (χ0v) is 13.8. The third-order valence-corrected chi connectivity index (χ3v) is 5.87. The maximum atomic E-state index is 12.3. The Morgan fingerprint density at radius 2 is 1.30 bits per heavy atom. The number of carbonyl (C=O) groups is 3. The van der Waals surface area contributed by atoms with E-state index >= 15 is 0 Å². The SMILES string of the molecule is CNC(=O)CNC(=O)CNC(=O)CC12CC3CC(CC(C3)C1)C2. The van der Waals surface area contributed by atoms with Crippen molar-refractivity contribution < 1.29 is 14.4 Å². The molecule has 0 atom stereocenters. The van der Waals surface area contributed by atoms with Gasteiger partial charge in [0.2, 0.25) is 17.7 Å². The van der Waals surface area contributed by atoms with Crippen molar-refractivity contribution in [2.24, 2.45) is 23.2 Å². The van der Waals surface area contributed by atoms with Crippen LogP contribution in [0.5, 0.6) is 0 Å². The van der Waals surface area contributed by atoms with E-state index in [1.165, 1.54) is 45.6 Å². The lowest BCUT2D eigenvalue weighted by Crippen LogP contribution is -2.48. The van der Waals surface area contributed by atoms with E-state index in [9.17, 15) is 14.4 Å². The van der Waals surface area contributed by atoms with Crippen LogP contribution in [0.15, 0.2) is 0 Å². The first-order chi connectivity index (χ1) is 11.0. The molecule has 4 aliphatic carbocycles. The van der Waals surface area contributed by atoms with Crippen LogP contribution >= 0.6 is 0 Å². The zero-order valence-electron chi connectivity index (χ0n) is 13.8. The molecule has 6 heteroatoms. The first-order valence-corrected chi connectivity index (χ1v) is 8.72. The molecule has 0 aliphatic heterocycles. The number of hydrogen-bond donors (Lipinski definition) is 3. The van der Waals surface area contributed by atoms with Crippen molar-refractivity contribution in [1.82, 2.24) is 16.0 Å². The van der Waals surface area contributed by atoms with Crippen molar-refractivity contribution in [1.29, 1.82) is 0 Å². The summed E-state index contributed by atoms with van der Waals surface area (Å²) in [6.07, 6.45) is 8.22. The summed E-state index contributed by atoms with van der Waals surface area (Å²) >= 11 is 0. The van der Waals surface area contributed by atoms with Crippen LogP contribution < -0.4 is 16.0 Å². The van der Waals surface area contributed by atoms with Gasteiger partial charge >= 0.3 is 0 Å². The summed E-state index contributed by atoms with van der Waals surface area (Å²) in [6, 6.07) is 0. The Balaban J connectivity index is 1.43. The third-order valence-electron chi connectivity index (χ3n) is 5.87. The molecule has 6 nitrogen and oxygen atoms in total. The summed E-state index contributed by atoms with van der Waals surface area (Å²) in [5.41, 5.74) is 0.192. The monoisotopic (exact) mass is 321 g/mol. The van der Waals surface area contributed by atoms with E-state index in [1.807, 2.05) is 0 Å².